The fourth-order valence-corrected chi connectivity index (χ4v) is 2.55. The van der Waals surface area contributed by atoms with Gasteiger partial charge in [0.25, 0.3) is 0 Å². The Morgan fingerprint density at radius 2 is 2.26 bits per heavy atom. The Bertz CT molecular complexity index is 436. The third-order valence-electron chi connectivity index (χ3n) is 3.88. The molecule has 1 saturated heterocycles. The highest BCUT2D eigenvalue weighted by Gasteiger charge is 2.15. The molecule has 19 heavy (non-hydrogen) atoms. The SMILES string of the molecule is Cc1ccc(C)c(CCC(=O)NCC2CCNC2)c1. The number of rotatable bonds is 5. The zero-order valence-electron chi connectivity index (χ0n) is 12.0. The summed E-state index contributed by atoms with van der Waals surface area (Å²) in [5.41, 5.74) is 3.83. The van der Waals surface area contributed by atoms with Crippen LogP contribution in [-0.4, -0.2) is 25.5 Å². The van der Waals surface area contributed by atoms with Crippen molar-refractivity contribution in [2.75, 3.05) is 19.6 Å². The van der Waals surface area contributed by atoms with E-state index in [2.05, 4.69) is 42.7 Å². The summed E-state index contributed by atoms with van der Waals surface area (Å²) in [4.78, 5) is 11.8. The molecule has 0 aromatic heterocycles. The van der Waals surface area contributed by atoms with Crippen molar-refractivity contribution < 1.29 is 4.79 Å². The van der Waals surface area contributed by atoms with Crippen LogP contribution in [0.3, 0.4) is 0 Å². The molecule has 2 N–H and O–H groups in total. The summed E-state index contributed by atoms with van der Waals surface area (Å²) in [7, 11) is 0. The van der Waals surface area contributed by atoms with E-state index in [9.17, 15) is 4.79 Å². The molecule has 0 radical (unpaired) electrons. The molecule has 1 amide bonds. The molecule has 3 nitrogen and oxygen atoms in total. The smallest absolute Gasteiger partial charge is 0.220 e. The fraction of sp³-hybridized carbons (Fsp3) is 0.562. The van der Waals surface area contributed by atoms with Gasteiger partial charge in [-0.3, -0.25) is 4.79 Å². The second kappa shape index (κ2) is 6.71. The average Bonchev–Trinajstić information content (AvgIpc) is 2.90. The highest BCUT2D eigenvalue weighted by atomic mass is 16.1. The molecule has 0 bridgehead atoms. The van der Waals surface area contributed by atoms with E-state index in [0.717, 1.165) is 26.1 Å². The third-order valence-corrected chi connectivity index (χ3v) is 3.88. The number of aryl methyl sites for hydroxylation is 3. The lowest BCUT2D eigenvalue weighted by atomic mass is 10.0. The van der Waals surface area contributed by atoms with Gasteiger partial charge in [-0.15, -0.1) is 0 Å². The summed E-state index contributed by atoms with van der Waals surface area (Å²) < 4.78 is 0. The van der Waals surface area contributed by atoms with Crippen LogP contribution in [0.2, 0.25) is 0 Å². The molecule has 2 rings (SSSR count). The van der Waals surface area contributed by atoms with Crippen LogP contribution in [0.15, 0.2) is 18.2 Å². The number of carbonyl (C=O) groups excluding carboxylic acids is 1. The van der Waals surface area contributed by atoms with Gasteiger partial charge in [0.1, 0.15) is 0 Å². The van der Waals surface area contributed by atoms with Crippen LogP contribution in [0.1, 0.15) is 29.5 Å². The summed E-state index contributed by atoms with van der Waals surface area (Å²) in [6.07, 6.45) is 2.60. The van der Waals surface area contributed by atoms with Gasteiger partial charge in [-0.2, -0.15) is 0 Å². The van der Waals surface area contributed by atoms with Gasteiger partial charge >= 0.3 is 0 Å². The van der Waals surface area contributed by atoms with Crippen LogP contribution in [-0.2, 0) is 11.2 Å². The molecule has 0 saturated carbocycles. The number of benzene rings is 1. The van der Waals surface area contributed by atoms with Gasteiger partial charge in [0.05, 0.1) is 0 Å². The molecule has 0 spiro atoms. The Kier molecular flexibility index (Phi) is 4.97. The maximum Gasteiger partial charge on any atom is 0.220 e. The lowest BCUT2D eigenvalue weighted by Crippen LogP contribution is -2.30. The first kappa shape index (κ1) is 14.1. The largest absolute Gasteiger partial charge is 0.356 e. The molecule has 1 aromatic carbocycles. The lowest BCUT2D eigenvalue weighted by Gasteiger charge is -2.11. The standard InChI is InChI=1S/C16H24N2O/c1-12-3-4-13(2)15(9-12)5-6-16(19)18-11-14-7-8-17-10-14/h3-4,9,14,17H,5-8,10-11H2,1-2H3,(H,18,19). The summed E-state index contributed by atoms with van der Waals surface area (Å²) in [5.74, 6) is 0.789. The van der Waals surface area contributed by atoms with E-state index in [1.165, 1.54) is 23.1 Å². The van der Waals surface area contributed by atoms with Crippen LogP contribution < -0.4 is 10.6 Å². The van der Waals surface area contributed by atoms with Gasteiger partial charge in [0.2, 0.25) is 5.91 Å². The summed E-state index contributed by atoms with van der Waals surface area (Å²) in [5, 5.41) is 6.37. The van der Waals surface area contributed by atoms with Gasteiger partial charge in [0.15, 0.2) is 0 Å². The Morgan fingerprint density at radius 1 is 1.42 bits per heavy atom. The predicted molar refractivity (Wildman–Crippen MR) is 78.2 cm³/mol. The van der Waals surface area contributed by atoms with Gasteiger partial charge in [-0.25, -0.2) is 0 Å². The minimum Gasteiger partial charge on any atom is -0.356 e. The fourth-order valence-electron chi connectivity index (χ4n) is 2.55. The van der Waals surface area contributed by atoms with Crippen molar-refractivity contribution in [1.82, 2.24) is 10.6 Å². The minimum atomic E-state index is 0.174. The molecule has 1 fully saturated rings. The molecule has 1 atom stereocenters. The van der Waals surface area contributed by atoms with Gasteiger partial charge in [-0.05, 0) is 56.8 Å². The van der Waals surface area contributed by atoms with Crippen LogP contribution >= 0.6 is 0 Å². The molecule has 1 heterocycles. The number of nitrogens with one attached hydrogen (secondary N) is 2. The van der Waals surface area contributed by atoms with E-state index in [1.807, 2.05) is 0 Å². The molecule has 1 aliphatic heterocycles. The molecule has 1 aromatic rings. The van der Waals surface area contributed by atoms with Crippen molar-refractivity contribution in [3.05, 3.63) is 34.9 Å². The van der Waals surface area contributed by atoms with Crippen molar-refractivity contribution in [2.24, 2.45) is 5.92 Å². The molecule has 1 unspecified atom stereocenters. The van der Waals surface area contributed by atoms with Crippen molar-refractivity contribution >= 4 is 5.91 Å². The van der Waals surface area contributed by atoms with Gasteiger partial charge in [0, 0.05) is 13.0 Å². The molecular formula is C16H24N2O. The molecule has 1 aliphatic rings. The van der Waals surface area contributed by atoms with Crippen molar-refractivity contribution in [3.63, 3.8) is 0 Å². The van der Waals surface area contributed by atoms with Crippen LogP contribution in [0.25, 0.3) is 0 Å². The molecular weight excluding hydrogens is 236 g/mol. The first-order valence-corrected chi connectivity index (χ1v) is 7.18. The van der Waals surface area contributed by atoms with Gasteiger partial charge in [-0.1, -0.05) is 23.8 Å². The second-order valence-electron chi connectivity index (χ2n) is 5.59. The maximum absolute atomic E-state index is 11.8. The van der Waals surface area contributed by atoms with Gasteiger partial charge < -0.3 is 10.6 Å². The van der Waals surface area contributed by atoms with Crippen LogP contribution in [0.5, 0.6) is 0 Å². The number of carbonyl (C=O) groups is 1. The van der Waals surface area contributed by atoms with Crippen molar-refractivity contribution in [3.8, 4) is 0 Å². The Labute approximate surface area is 115 Å². The molecule has 3 heteroatoms. The minimum absolute atomic E-state index is 0.174. The van der Waals surface area contributed by atoms with Crippen molar-refractivity contribution in [2.45, 2.75) is 33.1 Å². The topological polar surface area (TPSA) is 41.1 Å². The Morgan fingerprint density at radius 3 is 3.00 bits per heavy atom. The lowest BCUT2D eigenvalue weighted by molar-refractivity contribution is -0.121. The van der Waals surface area contributed by atoms with E-state index in [4.69, 9.17) is 0 Å². The number of hydrogen-bond donors (Lipinski definition) is 2. The average molecular weight is 260 g/mol. The highest BCUT2D eigenvalue weighted by Crippen LogP contribution is 2.12. The summed E-state index contributed by atoms with van der Waals surface area (Å²) >= 11 is 0. The van der Waals surface area contributed by atoms with Crippen molar-refractivity contribution in [1.29, 1.82) is 0 Å². The van der Waals surface area contributed by atoms with E-state index < -0.39 is 0 Å². The number of hydrogen-bond acceptors (Lipinski definition) is 2. The van der Waals surface area contributed by atoms with E-state index >= 15 is 0 Å². The summed E-state index contributed by atoms with van der Waals surface area (Å²) in [6.45, 7) is 7.14. The quantitative estimate of drug-likeness (QED) is 0.850. The normalized spacial score (nSPS) is 18.5. The predicted octanol–water partition coefficient (Wildman–Crippen LogP) is 1.96. The highest BCUT2D eigenvalue weighted by molar-refractivity contribution is 5.76. The van der Waals surface area contributed by atoms with E-state index in [-0.39, 0.29) is 5.91 Å². The molecule has 104 valence electrons. The van der Waals surface area contributed by atoms with Crippen LogP contribution in [0.4, 0.5) is 0 Å². The zero-order chi connectivity index (χ0) is 13.7. The maximum atomic E-state index is 11.8. The summed E-state index contributed by atoms with van der Waals surface area (Å²) in [6, 6.07) is 6.43. The third kappa shape index (κ3) is 4.35. The monoisotopic (exact) mass is 260 g/mol. The zero-order valence-corrected chi connectivity index (χ0v) is 12.0. The first-order valence-electron chi connectivity index (χ1n) is 7.18. The van der Waals surface area contributed by atoms with E-state index in [0.29, 0.717) is 12.3 Å². The van der Waals surface area contributed by atoms with Crippen LogP contribution in [0, 0.1) is 19.8 Å². The molecule has 0 aliphatic carbocycles. The Balaban J connectivity index is 1.74. The van der Waals surface area contributed by atoms with E-state index in [1.54, 1.807) is 0 Å². The second-order valence-corrected chi connectivity index (χ2v) is 5.59. The first-order chi connectivity index (χ1) is 9.15. The Hall–Kier alpha value is -1.35. The number of amides is 1.